The minimum atomic E-state index is -0.451. The zero-order valence-electron chi connectivity index (χ0n) is 7.15. The Labute approximate surface area is 106 Å². The van der Waals surface area contributed by atoms with Crippen LogP contribution in [0.2, 0.25) is 0 Å². The van der Waals surface area contributed by atoms with Crippen LogP contribution in [0, 0.1) is 13.8 Å². The van der Waals surface area contributed by atoms with Crippen LogP contribution in [-0.4, -0.2) is 14.9 Å². The van der Waals surface area contributed by atoms with Crippen LogP contribution in [0.4, 0.5) is 5.69 Å². The lowest BCUT2D eigenvalue weighted by Gasteiger charge is -1.99. The third kappa shape index (κ3) is 2.07. The number of aromatic nitrogens is 2. The van der Waals surface area contributed by atoms with E-state index >= 15 is 0 Å². The zero-order valence-corrected chi connectivity index (χ0v) is 10.9. The van der Waals surface area contributed by atoms with Crippen molar-refractivity contribution >= 4 is 55.2 Å². The second-order valence-electron chi connectivity index (χ2n) is 2.74. The lowest BCUT2D eigenvalue weighted by Crippen LogP contribution is -1.92. The SMILES string of the molecule is O=[N+]([O-])c1ccc2nc(I)c(Br)nc2c1. The van der Waals surface area contributed by atoms with Gasteiger partial charge in [0.05, 0.1) is 16.0 Å². The Balaban J connectivity index is 2.72. The quantitative estimate of drug-likeness (QED) is 0.434. The van der Waals surface area contributed by atoms with Crippen LogP contribution >= 0.6 is 38.5 Å². The minimum Gasteiger partial charge on any atom is -0.258 e. The normalized spacial score (nSPS) is 10.5. The van der Waals surface area contributed by atoms with Crippen LogP contribution in [0.1, 0.15) is 0 Å². The molecule has 0 aliphatic heterocycles. The van der Waals surface area contributed by atoms with Crippen molar-refractivity contribution in [3.63, 3.8) is 0 Å². The molecule has 76 valence electrons. The predicted octanol–water partition coefficient (Wildman–Crippen LogP) is 2.91. The number of nitro benzene ring substituents is 1. The van der Waals surface area contributed by atoms with Crippen molar-refractivity contribution in [2.24, 2.45) is 0 Å². The van der Waals surface area contributed by atoms with Crippen LogP contribution in [0.15, 0.2) is 22.8 Å². The third-order valence-electron chi connectivity index (χ3n) is 1.78. The van der Waals surface area contributed by atoms with E-state index in [1.807, 2.05) is 22.6 Å². The molecule has 0 spiro atoms. The standard InChI is InChI=1S/C8H3BrIN3O2/c9-7-8(10)12-5-2-1-4(13(14)15)3-6(5)11-7/h1-3H. The summed E-state index contributed by atoms with van der Waals surface area (Å²) in [5.41, 5.74) is 1.18. The van der Waals surface area contributed by atoms with Gasteiger partial charge in [-0.2, -0.15) is 0 Å². The Kier molecular flexibility index (Phi) is 2.83. The third-order valence-corrected chi connectivity index (χ3v) is 3.82. The van der Waals surface area contributed by atoms with Crippen molar-refractivity contribution in [1.29, 1.82) is 0 Å². The van der Waals surface area contributed by atoms with Crippen LogP contribution < -0.4 is 0 Å². The molecule has 5 nitrogen and oxygen atoms in total. The molecular formula is C8H3BrIN3O2. The van der Waals surface area contributed by atoms with E-state index in [-0.39, 0.29) is 5.69 Å². The van der Waals surface area contributed by atoms with Gasteiger partial charge in [-0.3, -0.25) is 10.1 Å². The Morgan fingerprint density at radius 3 is 2.73 bits per heavy atom. The van der Waals surface area contributed by atoms with Crippen LogP contribution in [-0.2, 0) is 0 Å². The molecule has 0 bridgehead atoms. The van der Waals surface area contributed by atoms with Gasteiger partial charge in [-0.05, 0) is 44.6 Å². The molecule has 2 aromatic rings. The summed E-state index contributed by atoms with van der Waals surface area (Å²) in [6.45, 7) is 0. The summed E-state index contributed by atoms with van der Waals surface area (Å²) in [6.07, 6.45) is 0. The van der Waals surface area contributed by atoms with Gasteiger partial charge in [-0.1, -0.05) is 0 Å². The zero-order chi connectivity index (χ0) is 11.0. The van der Waals surface area contributed by atoms with Gasteiger partial charge in [0, 0.05) is 12.1 Å². The molecule has 1 heterocycles. The van der Waals surface area contributed by atoms with E-state index in [1.165, 1.54) is 12.1 Å². The lowest BCUT2D eigenvalue weighted by atomic mass is 10.3. The number of fused-ring (bicyclic) bond motifs is 1. The van der Waals surface area contributed by atoms with Gasteiger partial charge in [0.2, 0.25) is 0 Å². The van der Waals surface area contributed by atoms with Crippen molar-refractivity contribution in [3.05, 3.63) is 36.6 Å². The van der Waals surface area contributed by atoms with E-state index < -0.39 is 4.92 Å². The van der Waals surface area contributed by atoms with Crippen molar-refractivity contribution in [2.75, 3.05) is 0 Å². The van der Waals surface area contributed by atoms with Gasteiger partial charge >= 0.3 is 0 Å². The Morgan fingerprint density at radius 1 is 1.33 bits per heavy atom. The van der Waals surface area contributed by atoms with Gasteiger partial charge in [0.25, 0.3) is 5.69 Å². The maximum atomic E-state index is 10.5. The topological polar surface area (TPSA) is 68.9 Å². The summed E-state index contributed by atoms with van der Waals surface area (Å²) in [5, 5.41) is 10.5. The molecule has 0 unspecified atom stereocenters. The molecule has 0 saturated heterocycles. The molecular weight excluding hydrogens is 377 g/mol. The first-order valence-electron chi connectivity index (χ1n) is 3.85. The highest BCUT2D eigenvalue weighted by Crippen LogP contribution is 2.22. The van der Waals surface area contributed by atoms with Gasteiger partial charge < -0.3 is 0 Å². The number of rotatable bonds is 1. The predicted molar refractivity (Wildman–Crippen MR) is 66.6 cm³/mol. The second kappa shape index (κ2) is 3.97. The minimum absolute atomic E-state index is 0.0184. The molecule has 1 aromatic carbocycles. The first kappa shape index (κ1) is 10.7. The monoisotopic (exact) mass is 379 g/mol. The van der Waals surface area contributed by atoms with Crippen molar-refractivity contribution in [2.45, 2.75) is 0 Å². The summed E-state index contributed by atoms with van der Waals surface area (Å²) in [5.74, 6) is 0. The molecule has 2 rings (SSSR count). The smallest absolute Gasteiger partial charge is 0.258 e. The maximum Gasteiger partial charge on any atom is 0.271 e. The molecule has 0 aliphatic carbocycles. The molecule has 0 N–H and O–H groups in total. The second-order valence-corrected chi connectivity index (χ2v) is 4.51. The van der Waals surface area contributed by atoms with Crippen molar-refractivity contribution in [1.82, 2.24) is 9.97 Å². The first-order chi connectivity index (χ1) is 7.08. The van der Waals surface area contributed by atoms with Gasteiger partial charge in [0.15, 0.2) is 0 Å². The van der Waals surface area contributed by atoms with Crippen LogP contribution in [0.3, 0.4) is 0 Å². The summed E-state index contributed by atoms with van der Waals surface area (Å²) >= 11 is 5.27. The molecule has 7 heteroatoms. The van der Waals surface area contributed by atoms with Gasteiger partial charge in [-0.25, -0.2) is 9.97 Å². The van der Waals surface area contributed by atoms with Gasteiger partial charge in [0.1, 0.15) is 8.30 Å². The summed E-state index contributed by atoms with van der Waals surface area (Å²) < 4.78 is 1.32. The fourth-order valence-electron chi connectivity index (χ4n) is 1.11. The van der Waals surface area contributed by atoms with E-state index in [0.29, 0.717) is 15.6 Å². The fourth-order valence-corrected chi connectivity index (χ4v) is 1.77. The molecule has 15 heavy (non-hydrogen) atoms. The molecule has 0 aliphatic rings. The first-order valence-corrected chi connectivity index (χ1v) is 5.72. The summed E-state index contributed by atoms with van der Waals surface area (Å²) in [4.78, 5) is 18.5. The van der Waals surface area contributed by atoms with Crippen molar-refractivity contribution in [3.8, 4) is 0 Å². The average molecular weight is 380 g/mol. The van der Waals surface area contributed by atoms with E-state index in [0.717, 1.165) is 3.70 Å². The molecule has 0 saturated carbocycles. The molecule has 0 fully saturated rings. The fraction of sp³-hybridized carbons (Fsp3) is 0. The maximum absolute atomic E-state index is 10.5. The highest BCUT2D eigenvalue weighted by molar-refractivity contribution is 14.1. The number of hydrogen-bond acceptors (Lipinski definition) is 4. The van der Waals surface area contributed by atoms with E-state index in [9.17, 15) is 10.1 Å². The Bertz CT molecular complexity index is 561. The van der Waals surface area contributed by atoms with E-state index in [1.54, 1.807) is 6.07 Å². The number of benzene rings is 1. The number of nitro groups is 1. The lowest BCUT2D eigenvalue weighted by molar-refractivity contribution is -0.384. The van der Waals surface area contributed by atoms with Crippen LogP contribution in [0.5, 0.6) is 0 Å². The highest BCUT2D eigenvalue weighted by atomic mass is 127. The van der Waals surface area contributed by atoms with Crippen molar-refractivity contribution < 1.29 is 4.92 Å². The molecule has 0 radical (unpaired) electrons. The summed E-state index contributed by atoms with van der Waals surface area (Å²) in [6, 6.07) is 4.42. The highest BCUT2D eigenvalue weighted by Gasteiger charge is 2.09. The van der Waals surface area contributed by atoms with E-state index in [4.69, 9.17) is 0 Å². The Hall–Kier alpha value is -0.830. The van der Waals surface area contributed by atoms with E-state index in [2.05, 4.69) is 25.9 Å². The summed E-state index contributed by atoms with van der Waals surface area (Å²) in [7, 11) is 0. The van der Waals surface area contributed by atoms with Crippen LogP contribution in [0.25, 0.3) is 11.0 Å². The Morgan fingerprint density at radius 2 is 2.07 bits per heavy atom. The molecule has 0 atom stereocenters. The number of nitrogens with zero attached hydrogens (tertiary/aromatic N) is 3. The largest absolute Gasteiger partial charge is 0.271 e. The number of non-ortho nitro benzene ring substituents is 1. The molecule has 1 aromatic heterocycles. The van der Waals surface area contributed by atoms with Gasteiger partial charge in [-0.15, -0.1) is 0 Å². The number of hydrogen-bond donors (Lipinski definition) is 0. The number of halogens is 2. The molecule has 0 amide bonds. The average Bonchev–Trinajstić information content (AvgIpc) is 2.19.